The van der Waals surface area contributed by atoms with E-state index in [2.05, 4.69) is 44.3 Å². The molecule has 14 heavy (non-hydrogen) atoms. The van der Waals surface area contributed by atoms with Crippen LogP contribution in [-0.2, 0) is 4.43 Å². The standard InChI is InChI=1S/C12H17OSi/c1-11(13-14(2)3)9-10-12-7-5-4-6-8-12/h4-11H,1-3H3/b10-9+. The Morgan fingerprint density at radius 3 is 2.43 bits per heavy atom. The number of rotatable bonds is 4. The monoisotopic (exact) mass is 205 g/mol. The summed E-state index contributed by atoms with van der Waals surface area (Å²) in [5.74, 6) is 0. The van der Waals surface area contributed by atoms with E-state index in [1.165, 1.54) is 5.56 Å². The zero-order chi connectivity index (χ0) is 10.4. The van der Waals surface area contributed by atoms with Crippen LogP contribution >= 0.6 is 0 Å². The van der Waals surface area contributed by atoms with E-state index in [1.807, 2.05) is 18.2 Å². The van der Waals surface area contributed by atoms with Gasteiger partial charge in [0.05, 0.1) is 6.10 Å². The highest BCUT2D eigenvalue weighted by Gasteiger charge is 2.01. The van der Waals surface area contributed by atoms with Crippen LogP contribution in [0.5, 0.6) is 0 Å². The molecular weight excluding hydrogens is 188 g/mol. The SMILES string of the molecule is CC(/C=C/c1ccccc1)O[Si](C)C. The van der Waals surface area contributed by atoms with Crippen molar-refractivity contribution in [1.82, 2.24) is 0 Å². The zero-order valence-electron chi connectivity index (χ0n) is 9.03. The molecule has 2 heteroatoms. The third kappa shape index (κ3) is 4.39. The first-order valence-corrected chi connectivity index (χ1v) is 7.29. The second-order valence-corrected chi connectivity index (χ2v) is 5.55. The van der Waals surface area contributed by atoms with Gasteiger partial charge in [-0.1, -0.05) is 42.5 Å². The van der Waals surface area contributed by atoms with Gasteiger partial charge in [-0.05, 0) is 25.6 Å². The molecule has 0 aliphatic carbocycles. The average Bonchev–Trinajstić information content (AvgIpc) is 2.15. The van der Waals surface area contributed by atoms with Crippen LogP contribution in [0.1, 0.15) is 12.5 Å². The van der Waals surface area contributed by atoms with Crippen LogP contribution in [0.4, 0.5) is 0 Å². The molecular formula is C12H17OSi. The molecule has 0 N–H and O–H groups in total. The molecule has 0 fully saturated rings. The van der Waals surface area contributed by atoms with Gasteiger partial charge in [0.25, 0.3) is 0 Å². The Hall–Kier alpha value is -0.863. The van der Waals surface area contributed by atoms with Gasteiger partial charge in [0.1, 0.15) is 0 Å². The Balaban J connectivity index is 2.48. The van der Waals surface area contributed by atoms with E-state index >= 15 is 0 Å². The summed E-state index contributed by atoms with van der Waals surface area (Å²) in [6, 6.07) is 10.3. The van der Waals surface area contributed by atoms with E-state index in [1.54, 1.807) is 0 Å². The molecule has 1 nitrogen and oxygen atoms in total. The maximum absolute atomic E-state index is 5.69. The minimum atomic E-state index is -0.588. The molecule has 1 aromatic carbocycles. The molecule has 0 aromatic heterocycles. The van der Waals surface area contributed by atoms with Gasteiger partial charge in [0.15, 0.2) is 0 Å². The quantitative estimate of drug-likeness (QED) is 0.685. The Kier molecular flexibility index (Phi) is 4.63. The van der Waals surface area contributed by atoms with Gasteiger partial charge in [0.2, 0.25) is 9.04 Å². The maximum Gasteiger partial charge on any atom is 0.205 e. The maximum atomic E-state index is 5.69. The Labute approximate surface area is 88.1 Å². The Morgan fingerprint density at radius 1 is 1.21 bits per heavy atom. The molecule has 0 aliphatic rings. The molecule has 0 heterocycles. The summed E-state index contributed by atoms with van der Waals surface area (Å²) in [6.45, 7) is 6.38. The molecule has 1 rings (SSSR count). The van der Waals surface area contributed by atoms with Crippen molar-refractivity contribution >= 4 is 15.1 Å². The molecule has 0 saturated heterocycles. The summed E-state index contributed by atoms with van der Waals surface area (Å²) in [7, 11) is -0.588. The van der Waals surface area contributed by atoms with Crippen LogP contribution in [0.3, 0.4) is 0 Å². The van der Waals surface area contributed by atoms with Crippen molar-refractivity contribution in [2.24, 2.45) is 0 Å². The van der Waals surface area contributed by atoms with E-state index in [0.717, 1.165) is 0 Å². The lowest BCUT2D eigenvalue weighted by molar-refractivity contribution is 0.277. The summed E-state index contributed by atoms with van der Waals surface area (Å²) in [4.78, 5) is 0. The predicted molar refractivity (Wildman–Crippen MR) is 63.5 cm³/mol. The number of hydrogen-bond donors (Lipinski definition) is 0. The van der Waals surface area contributed by atoms with Crippen molar-refractivity contribution in [2.75, 3.05) is 0 Å². The van der Waals surface area contributed by atoms with Crippen LogP contribution in [0, 0.1) is 0 Å². The Bertz CT molecular complexity index is 280. The zero-order valence-corrected chi connectivity index (χ0v) is 10.0. The van der Waals surface area contributed by atoms with Crippen LogP contribution in [0.15, 0.2) is 36.4 Å². The van der Waals surface area contributed by atoms with Crippen molar-refractivity contribution in [2.45, 2.75) is 26.1 Å². The first-order chi connectivity index (χ1) is 6.68. The van der Waals surface area contributed by atoms with Gasteiger partial charge in [0, 0.05) is 0 Å². The lowest BCUT2D eigenvalue weighted by atomic mass is 10.2. The van der Waals surface area contributed by atoms with Crippen LogP contribution in [0.2, 0.25) is 13.1 Å². The van der Waals surface area contributed by atoms with Crippen molar-refractivity contribution in [1.29, 1.82) is 0 Å². The summed E-state index contributed by atoms with van der Waals surface area (Å²) >= 11 is 0. The molecule has 1 atom stereocenters. The predicted octanol–water partition coefficient (Wildman–Crippen LogP) is 3.36. The van der Waals surface area contributed by atoms with E-state index in [4.69, 9.17) is 4.43 Å². The van der Waals surface area contributed by atoms with E-state index in [9.17, 15) is 0 Å². The number of hydrogen-bond acceptors (Lipinski definition) is 1. The molecule has 0 spiro atoms. The highest BCUT2D eigenvalue weighted by Crippen LogP contribution is 2.04. The minimum Gasteiger partial charge on any atom is -0.411 e. The fourth-order valence-electron chi connectivity index (χ4n) is 1.22. The Morgan fingerprint density at radius 2 is 1.86 bits per heavy atom. The van der Waals surface area contributed by atoms with Gasteiger partial charge in [-0.25, -0.2) is 0 Å². The third-order valence-electron chi connectivity index (χ3n) is 1.78. The van der Waals surface area contributed by atoms with Gasteiger partial charge in [-0.3, -0.25) is 0 Å². The topological polar surface area (TPSA) is 9.23 Å². The molecule has 1 aromatic rings. The van der Waals surface area contributed by atoms with Crippen molar-refractivity contribution in [3.8, 4) is 0 Å². The lowest BCUT2D eigenvalue weighted by Gasteiger charge is -2.10. The van der Waals surface area contributed by atoms with Crippen molar-refractivity contribution in [3.63, 3.8) is 0 Å². The fourth-order valence-corrected chi connectivity index (χ4v) is 2.04. The molecule has 1 unspecified atom stereocenters. The second-order valence-electron chi connectivity index (χ2n) is 3.50. The summed E-state index contributed by atoms with van der Waals surface area (Å²) in [6.07, 6.45) is 4.43. The molecule has 75 valence electrons. The highest BCUT2D eigenvalue weighted by molar-refractivity contribution is 6.48. The highest BCUT2D eigenvalue weighted by atomic mass is 28.3. The minimum absolute atomic E-state index is 0.221. The van der Waals surface area contributed by atoms with Crippen LogP contribution < -0.4 is 0 Å². The van der Waals surface area contributed by atoms with Crippen molar-refractivity contribution in [3.05, 3.63) is 42.0 Å². The van der Waals surface area contributed by atoms with Gasteiger partial charge in [-0.2, -0.15) is 0 Å². The van der Waals surface area contributed by atoms with E-state index < -0.39 is 9.04 Å². The largest absolute Gasteiger partial charge is 0.411 e. The van der Waals surface area contributed by atoms with E-state index in [0.29, 0.717) is 0 Å². The molecule has 0 saturated carbocycles. The summed E-state index contributed by atoms with van der Waals surface area (Å²) in [5.41, 5.74) is 1.23. The second kappa shape index (κ2) is 5.78. The summed E-state index contributed by atoms with van der Waals surface area (Å²) in [5, 5.41) is 0. The molecule has 0 aliphatic heterocycles. The smallest absolute Gasteiger partial charge is 0.205 e. The van der Waals surface area contributed by atoms with Gasteiger partial charge < -0.3 is 4.43 Å². The average molecular weight is 205 g/mol. The van der Waals surface area contributed by atoms with Gasteiger partial charge >= 0.3 is 0 Å². The van der Waals surface area contributed by atoms with Crippen LogP contribution in [0.25, 0.3) is 6.08 Å². The van der Waals surface area contributed by atoms with E-state index in [-0.39, 0.29) is 6.10 Å². The first-order valence-electron chi connectivity index (χ1n) is 4.88. The van der Waals surface area contributed by atoms with Crippen molar-refractivity contribution < 1.29 is 4.43 Å². The molecule has 0 bridgehead atoms. The summed E-state index contributed by atoms with van der Waals surface area (Å²) < 4.78 is 5.69. The normalized spacial score (nSPS) is 13.7. The lowest BCUT2D eigenvalue weighted by Crippen LogP contribution is -2.15. The molecule has 0 amide bonds. The van der Waals surface area contributed by atoms with Gasteiger partial charge in [-0.15, -0.1) is 0 Å². The van der Waals surface area contributed by atoms with Crippen LogP contribution in [-0.4, -0.2) is 15.1 Å². The number of benzene rings is 1. The fraction of sp³-hybridized carbons (Fsp3) is 0.333. The molecule has 1 radical (unpaired) electrons. The first kappa shape index (κ1) is 11.2. The third-order valence-corrected chi connectivity index (χ3v) is 2.62.